The van der Waals surface area contributed by atoms with Gasteiger partial charge in [-0.05, 0) is 19.1 Å². The number of rotatable bonds is 1. The zero-order chi connectivity index (χ0) is 14.5. The molecule has 0 atom stereocenters. The highest BCUT2D eigenvalue weighted by Crippen LogP contribution is 2.08. The average Bonchev–Trinajstić information content (AvgIpc) is 2.33. The molecule has 0 spiro atoms. The van der Waals surface area contributed by atoms with Crippen molar-refractivity contribution in [1.29, 1.82) is 0 Å². The fraction of sp³-hybridized carbons (Fsp3) is 0.154. The van der Waals surface area contributed by atoms with E-state index in [0.29, 0.717) is 0 Å². The first-order chi connectivity index (χ1) is 8.79. The van der Waals surface area contributed by atoms with Gasteiger partial charge in [-0.3, -0.25) is 0 Å². The van der Waals surface area contributed by atoms with Crippen molar-refractivity contribution in [2.75, 3.05) is 5.73 Å². The molecule has 5 nitrogen and oxygen atoms in total. The quantitative estimate of drug-likeness (QED) is 0.623. The highest BCUT2D eigenvalue weighted by atomic mass is 32.2. The van der Waals surface area contributed by atoms with Gasteiger partial charge < -0.3 is 10.3 Å². The summed E-state index contributed by atoms with van der Waals surface area (Å²) in [6, 6.07) is 9.50. The Morgan fingerprint density at radius 2 is 1.53 bits per heavy atom. The number of nitrogens with zero attached hydrogens (tertiary/aromatic N) is 1. The van der Waals surface area contributed by atoms with Gasteiger partial charge in [0.1, 0.15) is 17.2 Å². The van der Waals surface area contributed by atoms with Crippen LogP contribution >= 0.6 is 0 Å². The number of pyridine rings is 1. The van der Waals surface area contributed by atoms with Crippen molar-refractivity contribution in [3.63, 3.8) is 0 Å². The zero-order valence-corrected chi connectivity index (χ0v) is 11.6. The van der Waals surface area contributed by atoms with Gasteiger partial charge in [0, 0.05) is 17.8 Å². The number of hydrogen-bond acceptors (Lipinski definition) is 4. The van der Waals surface area contributed by atoms with E-state index in [1.165, 1.54) is 12.1 Å². The summed E-state index contributed by atoms with van der Waals surface area (Å²) in [5, 5.41) is 0. The van der Waals surface area contributed by atoms with Crippen LogP contribution < -0.4 is 10.3 Å². The van der Waals surface area contributed by atoms with Crippen molar-refractivity contribution in [3.8, 4) is 0 Å². The third kappa shape index (κ3) is 5.50. The van der Waals surface area contributed by atoms with Crippen molar-refractivity contribution in [2.24, 2.45) is 7.05 Å². The lowest BCUT2D eigenvalue weighted by atomic mass is 10.2. The Bertz CT molecular complexity index is 599. The maximum absolute atomic E-state index is 10.4. The van der Waals surface area contributed by atoms with Crippen LogP contribution in [0.2, 0.25) is 0 Å². The number of hydrogen-bond donors (Lipinski definition) is 1. The molecule has 2 rings (SSSR count). The lowest BCUT2D eigenvalue weighted by Gasteiger charge is -2.05. The van der Waals surface area contributed by atoms with E-state index in [1.54, 1.807) is 12.1 Å². The van der Waals surface area contributed by atoms with Crippen molar-refractivity contribution < 1.29 is 17.5 Å². The summed E-state index contributed by atoms with van der Waals surface area (Å²) in [6.07, 6.45) is 3.82. The van der Waals surface area contributed by atoms with E-state index in [1.807, 2.05) is 43.1 Å². The van der Waals surface area contributed by atoms with E-state index in [0.717, 1.165) is 11.3 Å². The number of anilines is 1. The van der Waals surface area contributed by atoms with Crippen molar-refractivity contribution in [1.82, 2.24) is 0 Å². The molecule has 0 saturated carbocycles. The van der Waals surface area contributed by atoms with Crippen LogP contribution in [0.15, 0.2) is 53.7 Å². The third-order valence-electron chi connectivity index (χ3n) is 2.31. The molecule has 0 aliphatic carbocycles. The molecule has 102 valence electrons. The maximum atomic E-state index is 10.4. The molecule has 6 heteroatoms. The third-order valence-corrected chi connectivity index (χ3v) is 3.16. The molecule has 0 radical (unpaired) electrons. The van der Waals surface area contributed by atoms with Crippen molar-refractivity contribution >= 4 is 15.8 Å². The molecule has 1 aromatic carbocycles. The molecule has 0 aliphatic rings. The fourth-order valence-electron chi connectivity index (χ4n) is 1.22. The van der Waals surface area contributed by atoms with Crippen LogP contribution in [0, 0.1) is 6.92 Å². The summed E-state index contributed by atoms with van der Waals surface area (Å²) in [7, 11) is -2.31. The summed E-state index contributed by atoms with van der Waals surface area (Å²) >= 11 is 0. The normalized spacial score (nSPS) is 10.5. The molecule has 2 N–H and O–H groups in total. The number of benzene rings is 1. The van der Waals surface area contributed by atoms with E-state index in [4.69, 9.17) is 5.73 Å². The first kappa shape index (κ1) is 15.1. The minimum atomic E-state index is -4.27. The predicted octanol–water partition coefficient (Wildman–Crippen LogP) is 0.992. The minimum Gasteiger partial charge on any atom is -0.744 e. The fourth-order valence-corrected chi connectivity index (χ4v) is 1.69. The van der Waals surface area contributed by atoms with Crippen LogP contribution in [0.25, 0.3) is 0 Å². The summed E-state index contributed by atoms with van der Waals surface area (Å²) in [6.45, 7) is 1.82. The van der Waals surface area contributed by atoms with E-state index in [9.17, 15) is 13.0 Å². The molecule has 1 heterocycles. The number of nitrogens with two attached hydrogens (primary N) is 1. The Morgan fingerprint density at radius 3 is 1.89 bits per heavy atom. The summed E-state index contributed by atoms with van der Waals surface area (Å²) in [4.78, 5) is -0.178. The monoisotopic (exact) mass is 280 g/mol. The second-order valence-electron chi connectivity index (χ2n) is 4.06. The van der Waals surface area contributed by atoms with Gasteiger partial charge in [-0.2, -0.15) is 0 Å². The lowest BCUT2D eigenvalue weighted by Crippen LogP contribution is -2.25. The van der Waals surface area contributed by atoms with Crippen LogP contribution in [0.5, 0.6) is 0 Å². The van der Waals surface area contributed by atoms with E-state index >= 15 is 0 Å². The Hall–Kier alpha value is -1.92. The van der Waals surface area contributed by atoms with Gasteiger partial charge in [-0.25, -0.2) is 13.0 Å². The largest absolute Gasteiger partial charge is 0.744 e. The molecule has 2 aromatic rings. The second-order valence-corrected chi connectivity index (χ2v) is 5.44. The van der Waals surface area contributed by atoms with Gasteiger partial charge in [0.2, 0.25) is 0 Å². The molecule has 0 unspecified atom stereocenters. The molecule has 0 saturated heterocycles. The van der Waals surface area contributed by atoms with Crippen molar-refractivity contribution in [3.05, 3.63) is 54.4 Å². The Kier molecular flexibility index (Phi) is 5.02. The Balaban J connectivity index is 0.000000200. The first-order valence-corrected chi connectivity index (χ1v) is 6.93. The highest BCUT2D eigenvalue weighted by Gasteiger charge is 1.97. The topological polar surface area (TPSA) is 87.1 Å². The highest BCUT2D eigenvalue weighted by molar-refractivity contribution is 7.85. The van der Waals surface area contributed by atoms with Gasteiger partial charge >= 0.3 is 0 Å². The van der Waals surface area contributed by atoms with E-state index < -0.39 is 10.1 Å². The minimum absolute atomic E-state index is 0.178. The summed E-state index contributed by atoms with van der Waals surface area (Å²) < 4.78 is 33.1. The van der Waals surface area contributed by atoms with E-state index in [-0.39, 0.29) is 4.90 Å². The van der Waals surface area contributed by atoms with Gasteiger partial charge in [0.05, 0.1) is 4.90 Å². The number of aromatic nitrogens is 1. The van der Waals surface area contributed by atoms with Crippen molar-refractivity contribution in [2.45, 2.75) is 11.8 Å². The molecule has 1 aromatic heterocycles. The standard InChI is InChI=1S/C7H8O3S.C6H8N2/c1-6-2-4-7(5-3-6)11(8,9)10;1-8-4-2-6(7)3-5-8/h2-5H,1H3,(H,8,9,10);2-5,7H,1H3. The molecule has 0 aliphatic heterocycles. The summed E-state index contributed by atoms with van der Waals surface area (Å²) in [5.74, 6) is 0. The molecule has 19 heavy (non-hydrogen) atoms. The smallest absolute Gasteiger partial charge is 0.170 e. The van der Waals surface area contributed by atoms with Crippen LogP contribution in [0.3, 0.4) is 0 Å². The van der Waals surface area contributed by atoms with Gasteiger partial charge in [0.15, 0.2) is 12.4 Å². The average molecular weight is 280 g/mol. The maximum Gasteiger partial charge on any atom is 0.170 e. The number of nitrogen functional groups attached to an aromatic ring is 1. The Morgan fingerprint density at radius 1 is 1.05 bits per heavy atom. The van der Waals surface area contributed by atoms with Gasteiger partial charge in [-0.1, -0.05) is 17.7 Å². The molecular weight excluding hydrogens is 264 g/mol. The molecular formula is C13H16N2O3S. The molecule has 0 fully saturated rings. The number of aryl methyl sites for hydroxylation is 2. The van der Waals surface area contributed by atoms with Crippen LogP contribution in [-0.2, 0) is 17.2 Å². The van der Waals surface area contributed by atoms with Gasteiger partial charge in [0.25, 0.3) is 0 Å². The molecule has 0 bridgehead atoms. The van der Waals surface area contributed by atoms with E-state index in [2.05, 4.69) is 0 Å². The first-order valence-electron chi connectivity index (χ1n) is 5.52. The van der Waals surface area contributed by atoms with Gasteiger partial charge in [-0.15, -0.1) is 0 Å². The SMILES string of the molecule is C[n+]1ccc(N)cc1.Cc1ccc(S(=O)(=O)[O-])cc1. The Labute approximate surface area is 113 Å². The predicted molar refractivity (Wildman–Crippen MR) is 71.2 cm³/mol. The van der Waals surface area contributed by atoms with Crippen LogP contribution in [0.1, 0.15) is 5.56 Å². The molecule has 0 amide bonds. The second kappa shape index (κ2) is 6.31. The summed E-state index contributed by atoms with van der Waals surface area (Å²) in [5.41, 5.74) is 7.15. The van der Waals surface area contributed by atoms with Crippen LogP contribution in [0.4, 0.5) is 5.69 Å². The van der Waals surface area contributed by atoms with Crippen LogP contribution in [-0.4, -0.2) is 13.0 Å². The zero-order valence-electron chi connectivity index (χ0n) is 10.8. The lowest BCUT2D eigenvalue weighted by molar-refractivity contribution is -0.671.